The summed E-state index contributed by atoms with van der Waals surface area (Å²) in [4.78, 5) is 11.1. The molecule has 0 bridgehead atoms. The summed E-state index contributed by atoms with van der Waals surface area (Å²) in [6.07, 6.45) is 1.33. The highest BCUT2D eigenvalue weighted by atomic mass is 16.6. The van der Waals surface area contributed by atoms with E-state index in [1.54, 1.807) is 0 Å². The highest BCUT2D eigenvalue weighted by molar-refractivity contribution is 5.75. The highest BCUT2D eigenvalue weighted by Crippen LogP contribution is 2.20. The van der Waals surface area contributed by atoms with Crippen LogP contribution in [-0.4, -0.2) is 37.0 Å². The Kier molecular flexibility index (Phi) is 6.52. The van der Waals surface area contributed by atoms with Gasteiger partial charge in [-0.15, -0.1) is 0 Å². The van der Waals surface area contributed by atoms with Crippen molar-refractivity contribution < 1.29 is 19.4 Å². The summed E-state index contributed by atoms with van der Waals surface area (Å²) in [7, 11) is 0. The third-order valence-corrected chi connectivity index (χ3v) is 2.26. The molecule has 4 heteroatoms. The Hall–Kier alpha value is -0.610. The van der Waals surface area contributed by atoms with Crippen molar-refractivity contribution in [2.75, 3.05) is 19.8 Å². The number of carbonyl (C=O) groups excluding carboxylic acids is 1. The maximum Gasteiger partial charge on any atom is 0.311 e. The molecular formula is C11H22O4. The number of hydrogen-bond donors (Lipinski definition) is 1. The first-order valence-corrected chi connectivity index (χ1v) is 5.33. The first-order chi connectivity index (χ1) is 6.94. The van der Waals surface area contributed by atoms with Crippen molar-refractivity contribution >= 4 is 5.97 Å². The Morgan fingerprint density at radius 3 is 2.33 bits per heavy atom. The molecule has 0 aromatic rings. The third kappa shape index (κ3) is 7.33. The predicted octanol–water partition coefficient (Wildman–Crippen LogP) is 1.36. The number of carbonyl (C=O) groups is 1. The second kappa shape index (κ2) is 6.80. The minimum Gasteiger partial charge on any atom is -0.463 e. The van der Waals surface area contributed by atoms with E-state index in [-0.39, 0.29) is 19.2 Å². The summed E-state index contributed by atoms with van der Waals surface area (Å²) in [5.74, 6) is -0.242. The van der Waals surface area contributed by atoms with Crippen LogP contribution in [0.5, 0.6) is 0 Å². The predicted molar refractivity (Wildman–Crippen MR) is 57.5 cm³/mol. The molecule has 1 heterocycles. The van der Waals surface area contributed by atoms with Gasteiger partial charge in [0.05, 0.1) is 24.7 Å². The van der Waals surface area contributed by atoms with Crippen molar-refractivity contribution in [2.24, 2.45) is 5.41 Å². The molecule has 0 radical (unpaired) electrons. The van der Waals surface area contributed by atoms with Gasteiger partial charge >= 0.3 is 5.97 Å². The average Bonchev–Trinajstić information content (AvgIpc) is 2.97. The summed E-state index contributed by atoms with van der Waals surface area (Å²) >= 11 is 0. The molecule has 1 atom stereocenters. The molecule has 1 unspecified atom stereocenters. The fraction of sp³-hybridized carbons (Fsp3) is 0.909. The van der Waals surface area contributed by atoms with Crippen LogP contribution in [0.15, 0.2) is 0 Å². The van der Waals surface area contributed by atoms with Gasteiger partial charge in [0.1, 0.15) is 6.61 Å². The smallest absolute Gasteiger partial charge is 0.311 e. The lowest BCUT2D eigenvalue weighted by atomic mass is 9.91. The quantitative estimate of drug-likeness (QED) is 0.572. The molecule has 4 nitrogen and oxygen atoms in total. The van der Waals surface area contributed by atoms with Gasteiger partial charge in [-0.1, -0.05) is 6.92 Å². The van der Waals surface area contributed by atoms with Crippen LogP contribution in [0.4, 0.5) is 0 Å². The lowest BCUT2D eigenvalue weighted by molar-refractivity contribution is -0.155. The third-order valence-electron chi connectivity index (χ3n) is 2.26. The number of aliphatic hydroxyl groups excluding tert-OH is 1. The second-order valence-corrected chi connectivity index (χ2v) is 4.24. The molecule has 0 aromatic carbocycles. The molecule has 1 aliphatic heterocycles. The standard InChI is InChI=1S/C8H16O3.C3H6O/c1-4-8(2,3)7(10)11-6-5-9;1-3-2-4-3/h9H,4-6H2,1-3H3;3H,2H2,1H3. The molecule has 1 rings (SSSR count). The number of rotatable bonds is 4. The number of epoxide rings is 1. The molecule has 0 spiro atoms. The van der Waals surface area contributed by atoms with Gasteiger partial charge < -0.3 is 14.6 Å². The van der Waals surface area contributed by atoms with Crippen molar-refractivity contribution in [1.29, 1.82) is 0 Å². The molecule has 1 aliphatic rings. The normalized spacial score (nSPS) is 18.9. The van der Waals surface area contributed by atoms with Gasteiger partial charge in [-0.2, -0.15) is 0 Å². The van der Waals surface area contributed by atoms with Crippen molar-refractivity contribution in [3.63, 3.8) is 0 Å². The average molecular weight is 218 g/mol. The molecule has 1 saturated heterocycles. The van der Waals surface area contributed by atoms with Crippen LogP contribution in [0.3, 0.4) is 0 Å². The minimum atomic E-state index is -0.421. The SMILES string of the molecule is CC1CO1.CCC(C)(C)C(=O)OCCO. The minimum absolute atomic E-state index is 0.0995. The van der Waals surface area contributed by atoms with E-state index in [1.165, 1.54) is 0 Å². The van der Waals surface area contributed by atoms with E-state index in [0.717, 1.165) is 13.0 Å². The number of esters is 1. The van der Waals surface area contributed by atoms with E-state index in [2.05, 4.69) is 6.92 Å². The summed E-state index contributed by atoms with van der Waals surface area (Å²) < 4.78 is 9.47. The van der Waals surface area contributed by atoms with E-state index in [9.17, 15) is 4.79 Å². The zero-order valence-electron chi connectivity index (χ0n) is 10.1. The first-order valence-electron chi connectivity index (χ1n) is 5.33. The van der Waals surface area contributed by atoms with E-state index in [1.807, 2.05) is 20.8 Å². The molecule has 0 amide bonds. The molecule has 0 aromatic heterocycles. The van der Waals surface area contributed by atoms with Gasteiger partial charge in [0.25, 0.3) is 0 Å². The van der Waals surface area contributed by atoms with Gasteiger partial charge in [0.2, 0.25) is 0 Å². The lowest BCUT2D eigenvalue weighted by Crippen LogP contribution is -2.26. The van der Waals surface area contributed by atoms with E-state index in [4.69, 9.17) is 14.6 Å². The lowest BCUT2D eigenvalue weighted by Gasteiger charge is -2.19. The van der Waals surface area contributed by atoms with Gasteiger partial charge in [0.15, 0.2) is 0 Å². The monoisotopic (exact) mass is 218 g/mol. The second-order valence-electron chi connectivity index (χ2n) is 4.24. The molecule has 15 heavy (non-hydrogen) atoms. The largest absolute Gasteiger partial charge is 0.463 e. The zero-order chi connectivity index (χ0) is 11.9. The molecule has 0 aliphatic carbocycles. The number of hydrogen-bond acceptors (Lipinski definition) is 4. The van der Waals surface area contributed by atoms with Gasteiger partial charge in [-0.25, -0.2) is 0 Å². The Labute approximate surface area is 91.6 Å². The highest BCUT2D eigenvalue weighted by Gasteiger charge is 2.26. The molecular weight excluding hydrogens is 196 g/mol. The zero-order valence-corrected chi connectivity index (χ0v) is 10.1. The van der Waals surface area contributed by atoms with Gasteiger partial charge in [-0.05, 0) is 27.2 Å². The Morgan fingerprint density at radius 2 is 2.07 bits per heavy atom. The summed E-state index contributed by atoms with van der Waals surface area (Å²) in [5, 5.41) is 8.38. The molecule has 0 saturated carbocycles. The van der Waals surface area contributed by atoms with Crippen LogP contribution in [-0.2, 0) is 14.3 Å². The van der Waals surface area contributed by atoms with Crippen molar-refractivity contribution in [2.45, 2.75) is 40.2 Å². The van der Waals surface area contributed by atoms with E-state index >= 15 is 0 Å². The number of ether oxygens (including phenoxy) is 2. The summed E-state index contributed by atoms with van der Waals surface area (Å²) in [5.41, 5.74) is -0.421. The Balaban J connectivity index is 0.000000401. The van der Waals surface area contributed by atoms with Crippen LogP contribution >= 0.6 is 0 Å². The van der Waals surface area contributed by atoms with E-state index in [0.29, 0.717) is 6.10 Å². The summed E-state index contributed by atoms with van der Waals surface area (Å²) in [6.45, 7) is 8.62. The topological polar surface area (TPSA) is 59.1 Å². The van der Waals surface area contributed by atoms with Crippen molar-refractivity contribution in [3.8, 4) is 0 Å². The Bertz CT molecular complexity index is 185. The van der Waals surface area contributed by atoms with Crippen molar-refractivity contribution in [1.82, 2.24) is 0 Å². The first kappa shape index (κ1) is 14.4. The number of aliphatic hydroxyl groups is 1. The fourth-order valence-corrected chi connectivity index (χ4v) is 0.574. The van der Waals surface area contributed by atoms with Crippen LogP contribution in [0.2, 0.25) is 0 Å². The van der Waals surface area contributed by atoms with Gasteiger partial charge in [-0.3, -0.25) is 4.79 Å². The molecule has 1 fully saturated rings. The van der Waals surface area contributed by atoms with Crippen LogP contribution in [0.25, 0.3) is 0 Å². The van der Waals surface area contributed by atoms with Crippen LogP contribution in [0.1, 0.15) is 34.1 Å². The molecule has 1 N–H and O–H groups in total. The maximum atomic E-state index is 11.1. The fourth-order valence-electron chi connectivity index (χ4n) is 0.574. The molecule has 90 valence electrons. The van der Waals surface area contributed by atoms with Crippen molar-refractivity contribution in [3.05, 3.63) is 0 Å². The maximum absolute atomic E-state index is 11.1. The Morgan fingerprint density at radius 1 is 1.60 bits per heavy atom. The van der Waals surface area contributed by atoms with Gasteiger partial charge in [0, 0.05) is 0 Å². The van der Waals surface area contributed by atoms with Crippen LogP contribution in [0, 0.1) is 5.41 Å². The van der Waals surface area contributed by atoms with E-state index < -0.39 is 5.41 Å². The van der Waals surface area contributed by atoms with Crippen LogP contribution < -0.4 is 0 Å². The summed E-state index contributed by atoms with van der Waals surface area (Å²) in [6, 6.07) is 0.